The number of piperazine rings is 1. The molecule has 6 heteroatoms. The first-order valence-corrected chi connectivity index (χ1v) is 8.00. The zero-order chi connectivity index (χ0) is 16.8. The highest BCUT2D eigenvalue weighted by Crippen LogP contribution is 2.40. The van der Waals surface area contributed by atoms with E-state index in [0.717, 1.165) is 32.7 Å². The van der Waals surface area contributed by atoms with Gasteiger partial charge >= 0.3 is 0 Å². The van der Waals surface area contributed by atoms with Crippen molar-refractivity contribution in [3.05, 3.63) is 17.7 Å². The Balaban J connectivity index is 2.40. The molecule has 1 heterocycles. The Morgan fingerprint density at radius 2 is 1.61 bits per heavy atom. The highest BCUT2D eigenvalue weighted by molar-refractivity contribution is 5.54. The Hall–Kier alpha value is -1.50. The van der Waals surface area contributed by atoms with Crippen LogP contribution in [-0.2, 0) is 0 Å². The van der Waals surface area contributed by atoms with Gasteiger partial charge in [-0.2, -0.15) is 0 Å². The summed E-state index contributed by atoms with van der Waals surface area (Å²) in [4.78, 5) is 4.73. The summed E-state index contributed by atoms with van der Waals surface area (Å²) in [5.41, 5.74) is 1.19. The van der Waals surface area contributed by atoms with Gasteiger partial charge in [-0.1, -0.05) is 0 Å². The second-order valence-electron chi connectivity index (χ2n) is 6.02. The fourth-order valence-electron chi connectivity index (χ4n) is 3.07. The molecule has 0 aliphatic carbocycles. The Morgan fingerprint density at radius 3 is 2.04 bits per heavy atom. The summed E-state index contributed by atoms with van der Waals surface area (Å²) in [5, 5.41) is 3.41. The number of methoxy groups -OCH3 is 3. The zero-order valence-corrected chi connectivity index (χ0v) is 14.9. The molecule has 1 aromatic rings. The molecule has 0 amide bonds. The van der Waals surface area contributed by atoms with Gasteiger partial charge in [-0.3, -0.25) is 4.90 Å². The lowest BCUT2D eigenvalue weighted by molar-refractivity contribution is 0.144. The van der Waals surface area contributed by atoms with Gasteiger partial charge in [-0.15, -0.1) is 0 Å². The van der Waals surface area contributed by atoms with Gasteiger partial charge in [0.05, 0.1) is 21.3 Å². The number of nitrogens with one attached hydrogen (secondary N) is 1. The molecule has 0 aromatic heterocycles. The third kappa shape index (κ3) is 4.28. The summed E-state index contributed by atoms with van der Waals surface area (Å²) >= 11 is 0. The SMILES string of the molecule is COc1cc(C(CN(C)C)N2CCNCC2)cc(OC)c1OC. The number of nitrogens with zero attached hydrogens (tertiary/aromatic N) is 2. The maximum Gasteiger partial charge on any atom is 0.203 e. The van der Waals surface area contributed by atoms with E-state index in [2.05, 4.69) is 41.3 Å². The number of ether oxygens (including phenoxy) is 3. The molecule has 0 radical (unpaired) electrons. The summed E-state index contributed by atoms with van der Waals surface area (Å²) in [5.74, 6) is 2.06. The lowest BCUT2D eigenvalue weighted by Crippen LogP contribution is -2.47. The van der Waals surface area contributed by atoms with Crippen molar-refractivity contribution in [3.63, 3.8) is 0 Å². The minimum atomic E-state index is 0.292. The van der Waals surface area contributed by atoms with Crippen LogP contribution in [0.15, 0.2) is 12.1 Å². The monoisotopic (exact) mass is 323 g/mol. The first kappa shape index (κ1) is 17.8. The van der Waals surface area contributed by atoms with E-state index in [1.165, 1.54) is 5.56 Å². The molecule has 6 nitrogen and oxygen atoms in total. The average molecular weight is 323 g/mol. The number of benzene rings is 1. The number of rotatable bonds is 7. The lowest BCUT2D eigenvalue weighted by atomic mass is 10.0. The van der Waals surface area contributed by atoms with Gasteiger partial charge in [-0.25, -0.2) is 0 Å². The second kappa shape index (κ2) is 8.38. The predicted molar refractivity (Wildman–Crippen MR) is 91.8 cm³/mol. The molecule has 1 N–H and O–H groups in total. The van der Waals surface area contributed by atoms with Gasteiger partial charge in [0.25, 0.3) is 0 Å². The Morgan fingerprint density at radius 1 is 1.04 bits per heavy atom. The number of likely N-dealkylation sites (N-methyl/N-ethyl adjacent to an activating group) is 1. The highest BCUT2D eigenvalue weighted by atomic mass is 16.5. The van der Waals surface area contributed by atoms with Crippen LogP contribution < -0.4 is 19.5 Å². The van der Waals surface area contributed by atoms with Gasteiger partial charge in [0, 0.05) is 38.8 Å². The smallest absolute Gasteiger partial charge is 0.203 e. The molecule has 1 aliphatic rings. The van der Waals surface area contributed by atoms with Gasteiger partial charge in [0.1, 0.15) is 0 Å². The fourth-order valence-corrected chi connectivity index (χ4v) is 3.07. The van der Waals surface area contributed by atoms with Gasteiger partial charge in [0.2, 0.25) is 5.75 Å². The summed E-state index contributed by atoms with van der Waals surface area (Å²) < 4.78 is 16.5. The van der Waals surface area contributed by atoms with Crippen LogP contribution in [0.1, 0.15) is 11.6 Å². The maximum atomic E-state index is 5.51. The van der Waals surface area contributed by atoms with Crippen LogP contribution >= 0.6 is 0 Å². The molecule has 0 saturated carbocycles. The summed E-state index contributed by atoms with van der Waals surface area (Å²) in [6.45, 7) is 5.06. The average Bonchev–Trinajstić information content (AvgIpc) is 2.58. The summed E-state index contributed by atoms with van der Waals surface area (Å²) in [7, 11) is 9.16. The molecule has 130 valence electrons. The highest BCUT2D eigenvalue weighted by Gasteiger charge is 2.25. The van der Waals surface area contributed by atoms with E-state index in [4.69, 9.17) is 14.2 Å². The van der Waals surface area contributed by atoms with E-state index in [1.807, 2.05) is 0 Å². The lowest BCUT2D eigenvalue weighted by Gasteiger charge is -2.37. The van der Waals surface area contributed by atoms with Crippen LogP contribution in [0.4, 0.5) is 0 Å². The van der Waals surface area contributed by atoms with Gasteiger partial charge in [0.15, 0.2) is 11.5 Å². The maximum absolute atomic E-state index is 5.51. The quantitative estimate of drug-likeness (QED) is 0.814. The molecule has 1 atom stereocenters. The summed E-state index contributed by atoms with van der Waals surface area (Å²) in [6, 6.07) is 4.43. The molecule has 1 aliphatic heterocycles. The largest absolute Gasteiger partial charge is 0.493 e. The van der Waals surface area contributed by atoms with E-state index in [-0.39, 0.29) is 0 Å². The van der Waals surface area contributed by atoms with E-state index in [1.54, 1.807) is 21.3 Å². The van der Waals surface area contributed by atoms with Crippen molar-refractivity contribution in [2.45, 2.75) is 6.04 Å². The van der Waals surface area contributed by atoms with Crippen molar-refractivity contribution in [2.24, 2.45) is 0 Å². The van der Waals surface area contributed by atoms with E-state index < -0.39 is 0 Å². The van der Waals surface area contributed by atoms with Crippen molar-refractivity contribution in [1.82, 2.24) is 15.1 Å². The molecular formula is C17H29N3O3. The molecule has 0 spiro atoms. The van der Waals surface area contributed by atoms with Crippen LogP contribution in [0.25, 0.3) is 0 Å². The number of hydrogen-bond acceptors (Lipinski definition) is 6. The third-order valence-electron chi connectivity index (χ3n) is 4.20. The minimum absolute atomic E-state index is 0.292. The molecule has 2 rings (SSSR count). The van der Waals surface area contributed by atoms with Crippen LogP contribution in [-0.4, -0.2) is 77.9 Å². The van der Waals surface area contributed by atoms with Crippen molar-refractivity contribution < 1.29 is 14.2 Å². The molecule has 1 unspecified atom stereocenters. The predicted octanol–water partition coefficient (Wildman–Crippen LogP) is 1.22. The normalized spacial score (nSPS) is 17.1. The summed E-state index contributed by atoms with van der Waals surface area (Å²) in [6.07, 6.45) is 0. The molecule has 1 saturated heterocycles. The standard InChI is InChI=1S/C17H29N3O3/c1-19(2)12-14(20-8-6-18-7-9-20)13-10-15(21-3)17(23-5)16(11-13)22-4/h10-11,14,18H,6-9,12H2,1-5H3. The number of hydrogen-bond donors (Lipinski definition) is 1. The van der Waals surface area contributed by atoms with E-state index >= 15 is 0 Å². The van der Waals surface area contributed by atoms with Crippen molar-refractivity contribution in [1.29, 1.82) is 0 Å². The Labute approximate surface area is 139 Å². The zero-order valence-electron chi connectivity index (χ0n) is 14.9. The fraction of sp³-hybridized carbons (Fsp3) is 0.647. The molecule has 1 fully saturated rings. The Kier molecular flexibility index (Phi) is 6.50. The van der Waals surface area contributed by atoms with Crippen LogP contribution in [0.3, 0.4) is 0 Å². The van der Waals surface area contributed by atoms with Crippen molar-refractivity contribution in [2.75, 3.05) is 68.1 Å². The molecule has 0 bridgehead atoms. The van der Waals surface area contributed by atoms with Gasteiger partial charge in [-0.05, 0) is 31.8 Å². The van der Waals surface area contributed by atoms with Crippen molar-refractivity contribution >= 4 is 0 Å². The second-order valence-corrected chi connectivity index (χ2v) is 6.02. The van der Waals surface area contributed by atoms with Crippen LogP contribution in [0.5, 0.6) is 17.2 Å². The first-order valence-electron chi connectivity index (χ1n) is 8.00. The van der Waals surface area contributed by atoms with Crippen LogP contribution in [0.2, 0.25) is 0 Å². The van der Waals surface area contributed by atoms with E-state index in [0.29, 0.717) is 23.3 Å². The molecule has 23 heavy (non-hydrogen) atoms. The molecule has 1 aromatic carbocycles. The van der Waals surface area contributed by atoms with Crippen molar-refractivity contribution in [3.8, 4) is 17.2 Å². The first-order chi connectivity index (χ1) is 11.1. The Bertz CT molecular complexity index is 477. The van der Waals surface area contributed by atoms with E-state index in [9.17, 15) is 0 Å². The molecular weight excluding hydrogens is 294 g/mol. The van der Waals surface area contributed by atoms with Crippen LogP contribution in [0, 0.1) is 0 Å². The van der Waals surface area contributed by atoms with Gasteiger partial charge < -0.3 is 24.4 Å². The third-order valence-corrected chi connectivity index (χ3v) is 4.20. The topological polar surface area (TPSA) is 46.2 Å². The minimum Gasteiger partial charge on any atom is -0.493 e.